The summed E-state index contributed by atoms with van der Waals surface area (Å²) in [6.07, 6.45) is 0.768. The highest BCUT2D eigenvalue weighted by Gasteiger charge is 2.29. The van der Waals surface area contributed by atoms with Crippen LogP contribution in [0.15, 0.2) is 24.3 Å². The number of amides is 2. The number of rotatable bonds is 7. The molecule has 1 saturated heterocycles. The molecule has 7 nitrogen and oxygen atoms in total. The molecule has 0 saturated carbocycles. The minimum absolute atomic E-state index is 0.0438. The van der Waals surface area contributed by atoms with E-state index in [-0.39, 0.29) is 29.9 Å². The maximum absolute atomic E-state index is 11.7. The molecule has 2 rings (SSSR count). The van der Waals surface area contributed by atoms with E-state index in [1.54, 1.807) is 7.11 Å². The number of sulfone groups is 1. The predicted octanol–water partition coefficient (Wildman–Crippen LogP) is 0.0473. The third kappa shape index (κ3) is 5.84. The second-order valence-corrected chi connectivity index (χ2v) is 8.02. The maximum Gasteiger partial charge on any atom is 0.229 e. The average molecular weight is 354 g/mol. The van der Waals surface area contributed by atoms with Gasteiger partial charge in [-0.05, 0) is 30.5 Å². The van der Waals surface area contributed by atoms with Crippen LogP contribution in [0.1, 0.15) is 18.4 Å². The highest BCUT2D eigenvalue weighted by molar-refractivity contribution is 7.91. The molecule has 0 aromatic heterocycles. The van der Waals surface area contributed by atoms with Crippen LogP contribution in [-0.4, -0.2) is 51.4 Å². The van der Waals surface area contributed by atoms with Gasteiger partial charge in [0.1, 0.15) is 12.2 Å². The Morgan fingerprint density at radius 1 is 1.21 bits per heavy atom. The molecule has 1 aromatic rings. The standard InChI is InChI=1S/C16H22N2O5S/c1-23-14-4-2-12(3-5-14)6-8-17-15(19)10-16(20)18-13-7-9-24(21,22)11-13/h2-5,13H,6-11H2,1H3,(H,17,19)(H,18,20). The van der Waals surface area contributed by atoms with Crippen LogP contribution in [0, 0.1) is 0 Å². The molecule has 0 bridgehead atoms. The molecular formula is C16H22N2O5S. The zero-order chi connectivity index (χ0) is 17.6. The van der Waals surface area contributed by atoms with Gasteiger partial charge in [0.25, 0.3) is 0 Å². The molecule has 1 fully saturated rings. The summed E-state index contributed by atoms with van der Waals surface area (Å²) in [5.41, 5.74) is 1.05. The van der Waals surface area contributed by atoms with Crippen LogP contribution >= 0.6 is 0 Å². The highest BCUT2D eigenvalue weighted by Crippen LogP contribution is 2.12. The van der Waals surface area contributed by atoms with Crippen molar-refractivity contribution in [1.82, 2.24) is 10.6 Å². The smallest absolute Gasteiger partial charge is 0.229 e. The molecular weight excluding hydrogens is 332 g/mol. The molecule has 24 heavy (non-hydrogen) atoms. The Morgan fingerprint density at radius 2 is 1.92 bits per heavy atom. The lowest BCUT2D eigenvalue weighted by molar-refractivity contribution is -0.129. The molecule has 2 N–H and O–H groups in total. The summed E-state index contributed by atoms with van der Waals surface area (Å²) >= 11 is 0. The van der Waals surface area contributed by atoms with Crippen molar-refractivity contribution in [3.8, 4) is 5.75 Å². The largest absolute Gasteiger partial charge is 0.497 e. The summed E-state index contributed by atoms with van der Waals surface area (Å²) in [4.78, 5) is 23.5. The minimum Gasteiger partial charge on any atom is -0.497 e. The van der Waals surface area contributed by atoms with Crippen molar-refractivity contribution in [2.45, 2.75) is 25.3 Å². The third-order valence-corrected chi connectivity index (χ3v) is 5.58. The van der Waals surface area contributed by atoms with Crippen molar-refractivity contribution in [2.75, 3.05) is 25.2 Å². The Morgan fingerprint density at radius 3 is 2.50 bits per heavy atom. The number of hydrogen-bond donors (Lipinski definition) is 2. The molecule has 1 aliphatic rings. The van der Waals surface area contributed by atoms with E-state index >= 15 is 0 Å². The molecule has 1 atom stereocenters. The Kier molecular flexibility index (Phi) is 6.19. The second kappa shape index (κ2) is 8.14. The lowest BCUT2D eigenvalue weighted by Crippen LogP contribution is -2.39. The molecule has 8 heteroatoms. The van der Waals surface area contributed by atoms with E-state index in [1.165, 1.54) is 0 Å². The van der Waals surface area contributed by atoms with E-state index in [1.807, 2.05) is 24.3 Å². The zero-order valence-electron chi connectivity index (χ0n) is 13.6. The van der Waals surface area contributed by atoms with Gasteiger partial charge in [0.2, 0.25) is 11.8 Å². The van der Waals surface area contributed by atoms with Crippen LogP contribution in [-0.2, 0) is 25.8 Å². The normalized spacial score (nSPS) is 18.8. The molecule has 1 aliphatic heterocycles. The van der Waals surface area contributed by atoms with Crippen molar-refractivity contribution in [3.05, 3.63) is 29.8 Å². The summed E-state index contributed by atoms with van der Waals surface area (Å²) in [7, 11) is -1.45. The van der Waals surface area contributed by atoms with Gasteiger partial charge in [-0.15, -0.1) is 0 Å². The van der Waals surface area contributed by atoms with Gasteiger partial charge in [0, 0.05) is 12.6 Å². The maximum atomic E-state index is 11.7. The van der Waals surface area contributed by atoms with Gasteiger partial charge in [-0.1, -0.05) is 12.1 Å². The van der Waals surface area contributed by atoms with Crippen LogP contribution in [0.4, 0.5) is 0 Å². The number of hydrogen-bond acceptors (Lipinski definition) is 5. The van der Waals surface area contributed by atoms with Crippen LogP contribution in [0.5, 0.6) is 5.75 Å². The van der Waals surface area contributed by atoms with Gasteiger partial charge < -0.3 is 15.4 Å². The van der Waals surface area contributed by atoms with E-state index in [9.17, 15) is 18.0 Å². The second-order valence-electron chi connectivity index (χ2n) is 5.79. The molecule has 2 amide bonds. The van der Waals surface area contributed by atoms with Crippen molar-refractivity contribution in [2.24, 2.45) is 0 Å². The molecule has 1 unspecified atom stereocenters. The Balaban J connectivity index is 1.66. The first-order valence-corrected chi connectivity index (χ1v) is 9.59. The first-order chi connectivity index (χ1) is 11.4. The van der Waals surface area contributed by atoms with Gasteiger partial charge in [-0.2, -0.15) is 0 Å². The van der Waals surface area contributed by atoms with E-state index in [0.29, 0.717) is 19.4 Å². The topological polar surface area (TPSA) is 102 Å². The molecule has 0 radical (unpaired) electrons. The Hall–Kier alpha value is -2.09. The van der Waals surface area contributed by atoms with Gasteiger partial charge in [-0.25, -0.2) is 8.42 Å². The summed E-state index contributed by atoms with van der Waals surface area (Å²) in [5, 5.41) is 5.28. The van der Waals surface area contributed by atoms with Gasteiger partial charge in [0.05, 0.1) is 18.6 Å². The lowest BCUT2D eigenvalue weighted by Gasteiger charge is -2.11. The first kappa shape index (κ1) is 18.3. The van der Waals surface area contributed by atoms with E-state index in [2.05, 4.69) is 10.6 Å². The monoisotopic (exact) mass is 354 g/mol. The summed E-state index contributed by atoms with van der Waals surface area (Å²) in [6.45, 7) is 0.427. The molecule has 0 aliphatic carbocycles. The Labute approximate surface area is 141 Å². The van der Waals surface area contributed by atoms with Crippen LogP contribution in [0.3, 0.4) is 0 Å². The van der Waals surface area contributed by atoms with Crippen molar-refractivity contribution < 1.29 is 22.7 Å². The summed E-state index contributed by atoms with van der Waals surface area (Å²) in [5.74, 6) is -0.00148. The highest BCUT2D eigenvalue weighted by atomic mass is 32.2. The van der Waals surface area contributed by atoms with E-state index < -0.39 is 15.7 Å². The molecule has 1 heterocycles. The van der Waals surface area contributed by atoms with Crippen molar-refractivity contribution >= 4 is 21.7 Å². The molecule has 1 aromatic carbocycles. The molecule has 0 spiro atoms. The quantitative estimate of drug-likeness (QED) is 0.674. The predicted molar refractivity (Wildman–Crippen MR) is 89.5 cm³/mol. The lowest BCUT2D eigenvalue weighted by atomic mass is 10.1. The number of nitrogens with one attached hydrogen (secondary N) is 2. The van der Waals surface area contributed by atoms with Crippen LogP contribution in [0.2, 0.25) is 0 Å². The van der Waals surface area contributed by atoms with E-state index in [4.69, 9.17) is 4.74 Å². The third-order valence-electron chi connectivity index (χ3n) is 3.81. The number of carbonyl (C=O) groups is 2. The van der Waals surface area contributed by atoms with Crippen molar-refractivity contribution in [3.63, 3.8) is 0 Å². The van der Waals surface area contributed by atoms with Crippen LogP contribution in [0.25, 0.3) is 0 Å². The van der Waals surface area contributed by atoms with Gasteiger partial charge in [0.15, 0.2) is 9.84 Å². The number of benzene rings is 1. The first-order valence-electron chi connectivity index (χ1n) is 7.77. The fourth-order valence-corrected chi connectivity index (χ4v) is 4.21. The van der Waals surface area contributed by atoms with Crippen LogP contribution < -0.4 is 15.4 Å². The fraction of sp³-hybridized carbons (Fsp3) is 0.500. The van der Waals surface area contributed by atoms with Gasteiger partial charge >= 0.3 is 0 Å². The fourth-order valence-electron chi connectivity index (χ4n) is 2.53. The zero-order valence-corrected chi connectivity index (χ0v) is 14.4. The molecule has 132 valence electrons. The average Bonchev–Trinajstić information content (AvgIpc) is 2.86. The SMILES string of the molecule is COc1ccc(CCNC(=O)CC(=O)NC2CCS(=O)(=O)C2)cc1. The Bertz CT molecular complexity index is 685. The summed E-state index contributed by atoms with van der Waals surface area (Å²) in [6, 6.07) is 7.14. The number of carbonyl (C=O) groups excluding carboxylic acids is 2. The van der Waals surface area contributed by atoms with Gasteiger partial charge in [-0.3, -0.25) is 9.59 Å². The number of methoxy groups -OCH3 is 1. The van der Waals surface area contributed by atoms with Crippen molar-refractivity contribution in [1.29, 1.82) is 0 Å². The summed E-state index contributed by atoms with van der Waals surface area (Å²) < 4.78 is 27.7. The minimum atomic E-state index is -3.04. The number of ether oxygens (including phenoxy) is 1. The van der Waals surface area contributed by atoms with E-state index in [0.717, 1.165) is 11.3 Å².